The van der Waals surface area contributed by atoms with Crippen molar-refractivity contribution in [2.24, 2.45) is 0 Å². The molecule has 29 heavy (non-hydrogen) atoms. The highest BCUT2D eigenvalue weighted by Crippen LogP contribution is 2.24. The minimum atomic E-state index is -5.07. The normalized spacial score (nSPS) is 15.0. The molecule has 0 N–H and O–H groups in total. The third-order valence-corrected chi connectivity index (χ3v) is 4.57. The second kappa shape index (κ2) is 9.92. The summed E-state index contributed by atoms with van der Waals surface area (Å²) in [6.07, 6.45) is -1.10. The maximum atomic E-state index is 12.4. The van der Waals surface area contributed by atoms with Crippen LogP contribution in [-0.2, 0) is 36.9 Å². The lowest BCUT2D eigenvalue weighted by molar-refractivity contribution is -0.237. The Hall–Kier alpha value is -2.34. The number of thioether (sulfide) groups is 1. The first-order chi connectivity index (χ1) is 13.6. The number of ether oxygens (including phenoxy) is 1. The standard InChI is InChI=1S/C17H20F3N3O5S/c1-3-27-14(25)10-23-13(8-21-16(23)29-11(2)24)7-12-5-4-6-22(9-12)28-15(26)17(18,19)20/h5,8H,3-4,6-7,9-10H2,1-2H3. The molecule has 2 rings (SSSR count). The lowest BCUT2D eigenvalue weighted by Crippen LogP contribution is -2.38. The molecule has 12 heteroatoms. The van der Waals surface area contributed by atoms with Gasteiger partial charge >= 0.3 is 18.1 Å². The van der Waals surface area contributed by atoms with E-state index in [4.69, 9.17) is 4.74 Å². The van der Waals surface area contributed by atoms with Crippen LogP contribution in [0.2, 0.25) is 0 Å². The van der Waals surface area contributed by atoms with Gasteiger partial charge in [-0.2, -0.15) is 13.2 Å². The summed E-state index contributed by atoms with van der Waals surface area (Å²) < 4.78 is 43.7. The summed E-state index contributed by atoms with van der Waals surface area (Å²) in [7, 11) is 0. The molecule has 0 amide bonds. The van der Waals surface area contributed by atoms with Crippen molar-refractivity contribution >= 4 is 28.8 Å². The van der Waals surface area contributed by atoms with Crippen LogP contribution in [0.4, 0.5) is 13.2 Å². The van der Waals surface area contributed by atoms with Crippen molar-refractivity contribution in [1.82, 2.24) is 14.6 Å². The number of rotatable bonds is 7. The van der Waals surface area contributed by atoms with Crippen LogP contribution in [0.5, 0.6) is 0 Å². The number of hydrogen-bond donors (Lipinski definition) is 0. The van der Waals surface area contributed by atoms with E-state index in [2.05, 4.69) is 9.82 Å². The number of hydroxylamine groups is 2. The number of esters is 1. The van der Waals surface area contributed by atoms with Crippen LogP contribution < -0.4 is 0 Å². The summed E-state index contributed by atoms with van der Waals surface area (Å²) in [6.45, 7) is 3.20. The van der Waals surface area contributed by atoms with Gasteiger partial charge in [0.1, 0.15) is 6.54 Å². The Balaban J connectivity index is 2.12. The molecule has 0 saturated carbocycles. The molecule has 8 nitrogen and oxygen atoms in total. The monoisotopic (exact) mass is 435 g/mol. The van der Waals surface area contributed by atoms with Crippen molar-refractivity contribution in [2.45, 2.75) is 44.6 Å². The fourth-order valence-corrected chi connectivity index (χ4v) is 3.29. The van der Waals surface area contributed by atoms with Crippen LogP contribution in [0.15, 0.2) is 23.0 Å². The quantitative estimate of drug-likeness (QED) is 0.366. The van der Waals surface area contributed by atoms with E-state index in [-0.39, 0.29) is 37.8 Å². The maximum absolute atomic E-state index is 12.4. The number of hydrogen-bond acceptors (Lipinski definition) is 8. The van der Waals surface area contributed by atoms with Gasteiger partial charge in [-0.3, -0.25) is 9.59 Å². The van der Waals surface area contributed by atoms with Crippen LogP contribution in [0.25, 0.3) is 0 Å². The zero-order valence-corrected chi connectivity index (χ0v) is 16.6. The molecule has 0 fully saturated rings. The summed E-state index contributed by atoms with van der Waals surface area (Å²) in [5.74, 6) is -2.78. The second-order valence-corrected chi connectivity index (χ2v) is 7.23. The Morgan fingerprint density at radius 3 is 2.66 bits per heavy atom. The fourth-order valence-electron chi connectivity index (χ4n) is 2.64. The van der Waals surface area contributed by atoms with Gasteiger partial charge in [0.2, 0.25) is 0 Å². The minimum absolute atomic E-state index is 0.0123. The van der Waals surface area contributed by atoms with E-state index in [0.717, 1.165) is 16.8 Å². The molecule has 0 aromatic carbocycles. The summed E-state index contributed by atoms with van der Waals surface area (Å²) in [6, 6.07) is 0. The molecular weight excluding hydrogens is 415 g/mol. The van der Waals surface area contributed by atoms with Crippen molar-refractivity contribution in [2.75, 3.05) is 19.7 Å². The summed E-state index contributed by atoms with van der Waals surface area (Å²) in [5.41, 5.74) is 1.27. The van der Waals surface area contributed by atoms with Crippen LogP contribution in [0.3, 0.4) is 0 Å². The Morgan fingerprint density at radius 2 is 2.03 bits per heavy atom. The van der Waals surface area contributed by atoms with Gasteiger partial charge in [-0.15, -0.1) is 5.06 Å². The topological polar surface area (TPSA) is 90.7 Å². The Labute approximate surface area is 169 Å². The van der Waals surface area contributed by atoms with Crippen LogP contribution >= 0.6 is 11.8 Å². The number of imidazole rings is 1. The van der Waals surface area contributed by atoms with Gasteiger partial charge in [-0.05, 0) is 25.1 Å². The smallest absolute Gasteiger partial charge is 0.465 e. The average Bonchev–Trinajstić information content (AvgIpc) is 2.95. The predicted molar refractivity (Wildman–Crippen MR) is 95.5 cm³/mol. The largest absolute Gasteiger partial charge is 0.492 e. The molecule has 0 radical (unpaired) electrons. The van der Waals surface area contributed by atoms with Gasteiger partial charge in [-0.1, -0.05) is 11.6 Å². The van der Waals surface area contributed by atoms with Crippen LogP contribution in [-0.4, -0.2) is 57.5 Å². The molecule has 160 valence electrons. The van der Waals surface area contributed by atoms with E-state index in [0.29, 0.717) is 22.8 Å². The van der Waals surface area contributed by atoms with E-state index in [9.17, 15) is 27.6 Å². The molecular formula is C17H20F3N3O5S. The van der Waals surface area contributed by atoms with E-state index in [1.807, 2.05) is 6.08 Å². The first kappa shape index (κ1) is 22.9. The Kier molecular flexibility index (Phi) is 7.85. The van der Waals surface area contributed by atoms with Gasteiger partial charge in [0.05, 0.1) is 13.2 Å². The molecule has 1 aliphatic rings. The van der Waals surface area contributed by atoms with Crippen molar-refractivity contribution in [3.63, 3.8) is 0 Å². The number of carbonyl (C=O) groups excluding carboxylic acids is 3. The Morgan fingerprint density at radius 1 is 1.31 bits per heavy atom. The number of carbonyl (C=O) groups is 3. The first-order valence-electron chi connectivity index (χ1n) is 8.70. The molecule has 0 aliphatic carbocycles. The van der Waals surface area contributed by atoms with Crippen LogP contribution in [0, 0.1) is 0 Å². The molecule has 1 aromatic heterocycles. The summed E-state index contributed by atoms with van der Waals surface area (Å²) in [4.78, 5) is 42.9. The van der Waals surface area contributed by atoms with Crippen molar-refractivity contribution in [3.05, 3.63) is 23.5 Å². The molecule has 1 aromatic rings. The zero-order chi connectivity index (χ0) is 21.6. The molecule has 0 saturated heterocycles. The molecule has 0 unspecified atom stereocenters. The third kappa shape index (κ3) is 6.89. The predicted octanol–water partition coefficient (Wildman–Crippen LogP) is 2.28. The minimum Gasteiger partial charge on any atom is -0.465 e. The van der Waals surface area contributed by atoms with E-state index in [1.54, 1.807) is 6.92 Å². The highest BCUT2D eigenvalue weighted by Gasteiger charge is 2.42. The summed E-state index contributed by atoms with van der Waals surface area (Å²) in [5, 5.41) is 1.05. The SMILES string of the molecule is CCOC(=O)Cn1c(CC2=CCCN(OC(=O)C(F)(F)F)C2)cnc1SC(C)=O. The first-order valence-corrected chi connectivity index (χ1v) is 9.52. The van der Waals surface area contributed by atoms with Crippen molar-refractivity contribution < 1.29 is 37.1 Å². The van der Waals surface area contributed by atoms with Gasteiger partial charge in [0.25, 0.3) is 0 Å². The third-order valence-electron chi connectivity index (χ3n) is 3.77. The van der Waals surface area contributed by atoms with Crippen molar-refractivity contribution in [3.8, 4) is 0 Å². The lowest BCUT2D eigenvalue weighted by Gasteiger charge is -2.26. The van der Waals surface area contributed by atoms with Crippen LogP contribution in [0.1, 0.15) is 26.0 Å². The number of halogens is 3. The summed E-state index contributed by atoms with van der Waals surface area (Å²) >= 11 is 0.861. The lowest BCUT2D eigenvalue weighted by atomic mass is 10.1. The molecule has 2 heterocycles. The zero-order valence-electron chi connectivity index (χ0n) is 15.8. The highest BCUT2D eigenvalue weighted by atomic mass is 32.2. The van der Waals surface area contributed by atoms with E-state index >= 15 is 0 Å². The number of nitrogens with zero attached hydrogens (tertiary/aromatic N) is 3. The van der Waals surface area contributed by atoms with Crippen molar-refractivity contribution in [1.29, 1.82) is 0 Å². The van der Waals surface area contributed by atoms with Gasteiger partial charge in [0, 0.05) is 31.8 Å². The van der Waals surface area contributed by atoms with E-state index < -0.39 is 18.1 Å². The van der Waals surface area contributed by atoms with Gasteiger partial charge in [-0.25, -0.2) is 9.78 Å². The molecule has 0 spiro atoms. The average molecular weight is 435 g/mol. The molecule has 0 atom stereocenters. The molecule has 0 bridgehead atoms. The number of alkyl halides is 3. The van der Waals surface area contributed by atoms with Gasteiger partial charge in [0.15, 0.2) is 10.3 Å². The Bertz CT molecular complexity index is 807. The highest BCUT2D eigenvalue weighted by molar-refractivity contribution is 8.13. The molecule has 1 aliphatic heterocycles. The fraction of sp³-hybridized carbons (Fsp3) is 0.529. The van der Waals surface area contributed by atoms with Gasteiger partial charge < -0.3 is 14.1 Å². The number of aromatic nitrogens is 2. The van der Waals surface area contributed by atoms with E-state index in [1.165, 1.54) is 17.7 Å². The maximum Gasteiger partial charge on any atom is 0.492 e. The second-order valence-electron chi connectivity index (χ2n) is 6.08.